The van der Waals surface area contributed by atoms with Crippen molar-refractivity contribution < 1.29 is 13.6 Å². The van der Waals surface area contributed by atoms with E-state index in [0.29, 0.717) is 0 Å². The monoisotopic (exact) mass is 297 g/mol. The lowest BCUT2D eigenvalue weighted by Crippen LogP contribution is -2.15. The molecule has 1 amide bonds. The first-order valence-electron chi connectivity index (χ1n) is 6.85. The zero-order valence-electron chi connectivity index (χ0n) is 11.6. The minimum Gasteiger partial charge on any atom is -0.323 e. The molecule has 0 aliphatic rings. The van der Waals surface area contributed by atoms with Crippen LogP contribution in [0.3, 0.4) is 0 Å². The summed E-state index contributed by atoms with van der Waals surface area (Å²) in [5, 5.41) is 4.50. The highest BCUT2D eigenvalue weighted by Gasteiger charge is 2.10. The van der Waals surface area contributed by atoms with E-state index in [1.54, 1.807) is 0 Å². The van der Waals surface area contributed by atoms with Gasteiger partial charge in [0.1, 0.15) is 11.6 Å². The second-order valence-corrected chi connectivity index (χ2v) is 4.99. The molecule has 0 atom stereocenters. The van der Waals surface area contributed by atoms with E-state index < -0.39 is 11.6 Å². The standard InChI is InChI=1S/C18H13F2NO/c19-14-8-9-17(16(20)11-14)21-18(22)10-13-6-3-5-12-4-1-2-7-15(12)13/h1-9,11H,10H2,(H,21,22). The van der Waals surface area contributed by atoms with Gasteiger partial charge in [0.2, 0.25) is 5.91 Å². The third kappa shape index (κ3) is 2.96. The van der Waals surface area contributed by atoms with Crippen molar-refractivity contribution in [2.24, 2.45) is 0 Å². The van der Waals surface area contributed by atoms with Crippen LogP contribution in [-0.4, -0.2) is 5.91 Å². The van der Waals surface area contributed by atoms with Crippen LogP contribution < -0.4 is 5.32 Å². The second kappa shape index (κ2) is 5.93. The van der Waals surface area contributed by atoms with Crippen molar-refractivity contribution in [3.8, 4) is 0 Å². The third-order valence-corrected chi connectivity index (χ3v) is 3.44. The van der Waals surface area contributed by atoms with Crippen LogP contribution in [0.1, 0.15) is 5.56 Å². The fourth-order valence-corrected chi connectivity index (χ4v) is 2.40. The average Bonchev–Trinajstić information content (AvgIpc) is 2.50. The Balaban J connectivity index is 1.81. The predicted octanol–water partition coefficient (Wildman–Crippen LogP) is 4.30. The summed E-state index contributed by atoms with van der Waals surface area (Å²) in [4.78, 5) is 12.1. The molecule has 0 heterocycles. The van der Waals surface area contributed by atoms with Crippen LogP contribution in [0.25, 0.3) is 10.8 Å². The Morgan fingerprint density at radius 3 is 2.55 bits per heavy atom. The number of carbonyl (C=O) groups excluding carboxylic acids is 1. The van der Waals surface area contributed by atoms with Gasteiger partial charge in [-0.3, -0.25) is 4.79 Å². The molecule has 0 bridgehead atoms. The van der Waals surface area contributed by atoms with Crippen molar-refractivity contribution in [1.29, 1.82) is 0 Å². The smallest absolute Gasteiger partial charge is 0.228 e. The quantitative estimate of drug-likeness (QED) is 0.767. The maximum absolute atomic E-state index is 13.5. The molecule has 3 aromatic rings. The number of halogens is 2. The molecule has 0 unspecified atom stereocenters. The van der Waals surface area contributed by atoms with Gasteiger partial charge < -0.3 is 5.32 Å². The van der Waals surface area contributed by atoms with Crippen LogP contribution in [-0.2, 0) is 11.2 Å². The molecule has 0 aliphatic heterocycles. The largest absolute Gasteiger partial charge is 0.323 e. The summed E-state index contributed by atoms with van der Waals surface area (Å²) in [6, 6.07) is 16.5. The maximum atomic E-state index is 13.5. The summed E-state index contributed by atoms with van der Waals surface area (Å²) in [6.45, 7) is 0. The number of fused-ring (bicyclic) bond motifs is 1. The van der Waals surface area contributed by atoms with Gasteiger partial charge in [-0.15, -0.1) is 0 Å². The Kier molecular flexibility index (Phi) is 3.83. The van der Waals surface area contributed by atoms with E-state index >= 15 is 0 Å². The van der Waals surface area contributed by atoms with E-state index in [1.165, 1.54) is 6.07 Å². The fourth-order valence-electron chi connectivity index (χ4n) is 2.40. The molecule has 0 aromatic heterocycles. The zero-order chi connectivity index (χ0) is 15.5. The molecule has 3 aromatic carbocycles. The first-order chi connectivity index (χ1) is 10.6. The Morgan fingerprint density at radius 2 is 1.73 bits per heavy atom. The minimum atomic E-state index is -0.786. The molecule has 0 fully saturated rings. The molecule has 0 radical (unpaired) electrons. The van der Waals surface area contributed by atoms with Crippen molar-refractivity contribution in [2.75, 3.05) is 5.32 Å². The van der Waals surface area contributed by atoms with E-state index in [2.05, 4.69) is 5.32 Å². The number of nitrogens with one attached hydrogen (secondary N) is 1. The van der Waals surface area contributed by atoms with Gasteiger partial charge in [-0.25, -0.2) is 8.78 Å². The Bertz CT molecular complexity index is 840. The van der Waals surface area contributed by atoms with Gasteiger partial charge in [0.05, 0.1) is 12.1 Å². The fraction of sp³-hybridized carbons (Fsp3) is 0.0556. The summed E-state index contributed by atoms with van der Waals surface area (Å²) < 4.78 is 26.4. The summed E-state index contributed by atoms with van der Waals surface area (Å²) in [7, 11) is 0. The molecule has 2 nitrogen and oxygen atoms in total. The second-order valence-electron chi connectivity index (χ2n) is 4.99. The van der Waals surface area contributed by atoms with Crippen molar-refractivity contribution >= 4 is 22.4 Å². The van der Waals surface area contributed by atoms with Crippen LogP contribution in [0.5, 0.6) is 0 Å². The van der Waals surface area contributed by atoms with E-state index in [4.69, 9.17) is 0 Å². The first kappa shape index (κ1) is 14.2. The van der Waals surface area contributed by atoms with Crippen LogP contribution in [0, 0.1) is 11.6 Å². The topological polar surface area (TPSA) is 29.1 Å². The molecule has 1 N–H and O–H groups in total. The number of carbonyl (C=O) groups is 1. The number of hydrogen-bond donors (Lipinski definition) is 1. The Labute approximate surface area is 126 Å². The van der Waals surface area contributed by atoms with E-state index in [0.717, 1.165) is 28.5 Å². The van der Waals surface area contributed by atoms with E-state index in [1.807, 2.05) is 42.5 Å². The average molecular weight is 297 g/mol. The highest BCUT2D eigenvalue weighted by atomic mass is 19.1. The zero-order valence-corrected chi connectivity index (χ0v) is 11.6. The Morgan fingerprint density at radius 1 is 0.955 bits per heavy atom. The maximum Gasteiger partial charge on any atom is 0.228 e. The van der Waals surface area contributed by atoms with Gasteiger partial charge in [0.15, 0.2) is 0 Å². The number of amides is 1. The molecule has 110 valence electrons. The van der Waals surface area contributed by atoms with Crippen LogP contribution in [0.2, 0.25) is 0 Å². The highest BCUT2D eigenvalue weighted by molar-refractivity contribution is 5.96. The summed E-state index contributed by atoms with van der Waals surface area (Å²) >= 11 is 0. The van der Waals surface area contributed by atoms with E-state index in [-0.39, 0.29) is 18.0 Å². The van der Waals surface area contributed by atoms with Crippen molar-refractivity contribution in [2.45, 2.75) is 6.42 Å². The molecule has 0 saturated carbocycles. The molecular formula is C18H13F2NO. The normalized spacial score (nSPS) is 10.6. The van der Waals surface area contributed by atoms with Gasteiger partial charge >= 0.3 is 0 Å². The van der Waals surface area contributed by atoms with Gasteiger partial charge in [0, 0.05) is 6.07 Å². The number of rotatable bonds is 3. The van der Waals surface area contributed by atoms with Gasteiger partial charge in [0.25, 0.3) is 0 Å². The van der Waals surface area contributed by atoms with Gasteiger partial charge in [-0.1, -0.05) is 42.5 Å². The number of anilines is 1. The van der Waals surface area contributed by atoms with Gasteiger partial charge in [-0.05, 0) is 28.5 Å². The van der Waals surface area contributed by atoms with Crippen molar-refractivity contribution in [3.05, 3.63) is 77.9 Å². The number of benzene rings is 3. The Hall–Kier alpha value is -2.75. The minimum absolute atomic E-state index is 0.0216. The molecule has 0 aliphatic carbocycles. The lowest BCUT2D eigenvalue weighted by Gasteiger charge is -2.08. The van der Waals surface area contributed by atoms with Crippen LogP contribution in [0.15, 0.2) is 60.7 Å². The molecule has 0 spiro atoms. The van der Waals surface area contributed by atoms with Crippen LogP contribution in [0.4, 0.5) is 14.5 Å². The lowest BCUT2D eigenvalue weighted by molar-refractivity contribution is -0.115. The summed E-state index contributed by atoms with van der Waals surface area (Å²) in [5.41, 5.74) is 0.838. The molecule has 0 saturated heterocycles. The predicted molar refractivity (Wildman–Crippen MR) is 82.6 cm³/mol. The van der Waals surface area contributed by atoms with Crippen LogP contribution >= 0.6 is 0 Å². The SMILES string of the molecule is O=C(Cc1cccc2ccccc12)Nc1ccc(F)cc1F. The van der Waals surface area contributed by atoms with Crippen molar-refractivity contribution in [3.63, 3.8) is 0 Å². The lowest BCUT2D eigenvalue weighted by atomic mass is 10.0. The summed E-state index contributed by atoms with van der Waals surface area (Å²) in [6.07, 6.45) is 0.123. The third-order valence-electron chi connectivity index (χ3n) is 3.44. The molecule has 3 rings (SSSR count). The highest BCUT2D eigenvalue weighted by Crippen LogP contribution is 2.20. The first-order valence-corrected chi connectivity index (χ1v) is 6.85. The van der Waals surface area contributed by atoms with E-state index in [9.17, 15) is 13.6 Å². The summed E-state index contributed by atoms with van der Waals surface area (Å²) in [5.74, 6) is -1.81. The van der Waals surface area contributed by atoms with Crippen molar-refractivity contribution in [1.82, 2.24) is 0 Å². The number of hydrogen-bond acceptors (Lipinski definition) is 1. The molecular weight excluding hydrogens is 284 g/mol. The molecule has 22 heavy (non-hydrogen) atoms. The van der Waals surface area contributed by atoms with Gasteiger partial charge in [-0.2, -0.15) is 0 Å². The molecule has 4 heteroatoms.